The van der Waals surface area contributed by atoms with E-state index in [1.54, 1.807) is 12.1 Å². The zero-order valence-electron chi connectivity index (χ0n) is 9.31. The van der Waals surface area contributed by atoms with Gasteiger partial charge in [-0.1, -0.05) is 39.3 Å². The van der Waals surface area contributed by atoms with E-state index < -0.39 is 0 Å². The summed E-state index contributed by atoms with van der Waals surface area (Å²) in [5.74, 6) is -0.149. The van der Waals surface area contributed by atoms with Crippen LogP contribution in [-0.4, -0.2) is 0 Å². The predicted molar refractivity (Wildman–Crippen MR) is 59.0 cm³/mol. The molecule has 0 radical (unpaired) electrons. The Bertz CT molecular complexity index is 276. The molecule has 0 saturated heterocycles. The van der Waals surface area contributed by atoms with Crippen LogP contribution in [0.25, 0.3) is 0 Å². The minimum Gasteiger partial charge on any atom is -0.207 e. The molecule has 1 heteroatoms. The van der Waals surface area contributed by atoms with Gasteiger partial charge in [-0.15, -0.1) is 0 Å². The molecule has 0 N–H and O–H groups in total. The fraction of sp³-hybridized carbons (Fsp3) is 0.538. The molecule has 0 aliphatic rings. The molecule has 1 rings (SSSR count). The maximum absolute atomic E-state index is 12.8. The maximum Gasteiger partial charge on any atom is 0.123 e. The van der Waals surface area contributed by atoms with Crippen molar-refractivity contribution < 1.29 is 4.39 Å². The lowest BCUT2D eigenvalue weighted by Gasteiger charge is -2.28. The number of halogens is 1. The van der Waals surface area contributed by atoms with E-state index >= 15 is 0 Å². The smallest absolute Gasteiger partial charge is 0.123 e. The second-order valence-electron chi connectivity index (χ2n) is 4.17. The van der Waals surface area contributed by atoms with Crippen LogP contribution in [0.1, 0.15) is 45.6 Å². The first-order valence-electron chi connectivity index (χ1n) is 5.38. The average Bonchev–Trinajstić information content (AvgIpc) is 2.19. The van der Waals surface area contributed by atoms with E-state index in [4.69, 9.17) is 0 Å². The van der Waals surface area contributed by atoms with Gasteiger partial charge in [-0.2, -0.15) is 0 Å². The monoisotopic (exact) mass is 194 g/mol. The fourth-order valence-electron chi connectivity index (χ4n) is 1.93. The van der Waals surface area contributed by atoms with Crippen molar-refractivity contribution in [2.24, 2.45) is 0 Å². The summed E-state index contributed by atoms with van der Waals surface area (Å²) in [5, 5.41) is 0. The van der Waals surface area contributed by atoms with Crippen molar-refractivity contribution in [3.63, 3.8) is 0 Å². The van der Waals surface area contributed by atoms with Crippen LogP contribution in [0.4, 0.5) is 4.39 Å². The Morgan fingerprint density at radius 1 is 1.14 bits per heavy atom. The highest BCUT2D eigenvalue weighted by atomic mass is 19.1. The summed E-state index contributed by atoms with van der Waals surface area (Å²) >= 11 is 0. The van der Waals surface area contributed by atoms with Gasteiger partial charge in [-0.3, -0.25) is 0 Å². The average molecular weight is 194 g/mol. The second-order valence-corrected chi connectivity index (χ2v) is 4.17. The summed E-state index contributed by atoms with van der Waals surface area (Å²) in [6.45, 7) is 6.64. The number of benzene rings is 1. The molecule has 0 aliphatic carbocycles. The summed E-state index contributed by atoms with van der Waals surface area (Å²) in [6.07, 6.45) is 3.43. The Morgan fingerprint density at radius 3 is 2.14 bits per heavy atom. The van der Waals surface area contributed by atoms with Gasteiger partial charge in [0, 0.05) is 0 Å². The topological polar surface area (TPSA) is 0 Å². The van der Waals surface area contributed by atoms with E-state index in [9.17, 15) is 4.39 Å². The van der Waals surface area contributed by atoms with Gasteiger partial charge < -0.3 is 0 Å². The minimum atomic E-state index is -0.149. The van der Waals surface area contributed by atoms with Crippen LogP contribution in [0.2, 0.25) is 0 Å². The van der Waals surface area contributed by atoms with Crippen LogP contribution in [0, 0.1) is 5.82 Å². The lowest BCUT2D eigenvalue weighted by molar-refractivity contribution is 0.413. The molecule has 0 fully saturated rings. The van der Waals surface area contributed by atoms with Crippen molar-refractivity contribution in [1.82, 2.24) is 0 Å². The second kappa shape index (κ2) is 4.59. The van der Waals surface area contributed by atoms with Crippen LogP contribution in [-0.2, 0) is 5.41 Å². The van der Waals surface area contributed by atoms with E-state index in [1.165, 1.54) is 12.0 Å². The van der Waals surface area contributed by atoms with Gasteiger partial charge in [-0.25, -0.2) is 4.39 Å². The summed E-state index contributed by atoms with van der Waals surface area (Å²) in [7, 11) is 0. The first kappa shape index (κ1) is 11.2. The normalized spacial score (nSPS) is 15.1. The number of hydrogen-bond acceptors (Lipinski definition) is 0. The molecular formula is C13H19F. The maximum atomic E-state index is 12.8. The highest BCUT2D eigenvalue weighted by Gasteiger charge is 2.22. The highest BCUT2D eigenvalue weighted by Crippen LogP contribution is 2.32. The molecule has 0 amide bonds. The van der Waals surface area contributed by atoms with Crippen molar-refractivity contribution in [3.8, 4) is 0 Å². The van der Waals surface area contributed by atoms with Crippen LogP contribution < -0.4 is 0 Å². The highest BCUT2D eigenvalue weighted by molar-refractivity contribution is 5.24. The quantitative estimate of drug-likeness (QED) is 0.670. The van der Waals surface area contributed by atoms with Gasteiger partial charge in [-0.05, 0) is 36.0 Å². The molecule has 0 saturated carbocycles. The van der Waals surface area contributed by atoms with E-state index in [-0.39, 0.29) is 11.2 Å². The van der Waals surface area contributed by atoms with Crippen molar-refractivity contribution in [1.29, 1.82) is 0 Å². The van der Waals surface area contributed by atoms with E-state index in [0.717, 1.165) is 12.8 Å². The Hall–Kier alpha value is -0.850. The fourth-order valence-corrected chi connectivity index (χ4v) is 1.93. The lowest BCUT2D eigenvalue weighted by atomic mass is 9.76. The minimum absolute atomic E-state index is 0.149. The van der Waals surface area contributed by atoms with Crippen LogP contribution in [0.3, 0.4) is 0 Å². The standard InChI is InChI=1S/C13H19F/c1-4-10-13(3,5-2)11-6-8-12(14)9-7-11/h6-9H,4-5,10H2,1-3H3. The number of hydrogen-bond donors (Lipinski definition) is 0. The summed E-state index contributed by atoms with van der Waals surface area (Å²) < 4.78 is 12.8. The SMILES string of the molecule is CCCC(C)(CC)c1ccc(F)cc1. The molecule has 1 unspecified atom stereocenters. The van der Waals surface area contributed by atoms with Crippen LogP contribution in [0.15, 0.2) is 24.3 Å². The molecule has 1 atom stereocenters. The largest absolute Gasteiger partial charge is 0.207 e. The molecule has 0 bridgehead atoms. The molecule has 1 aromatic rings. The molecule has 0 heterocycles. The molecule has 0 nitrogen and oxygen atoms in total. The Balaban J connectivity index is 2.94. The van der Waals surface area contributed by atoms with Crippen LogP contribution >= 0.6 is 0 Å². The summed E-state index contributed by atoms with van der Waals surface area (Å²) in [5.41, 5.74) is 1.46. The molecule has 1 aromatic carbocycles. The molecule has 78 valence electrons. The zero-order valence-corrected chi connectivity index (χ0v) is 9.31. The summed E-state index contributed by atoms with van der Waals surface area (Å²) in [4.78, 5) is 0. The Labute approximate surface area is 86.2 Å². The zero-order chi connectivity index (χ0) is 10.6. The van der Waals surface area contributed by atoms with Crippen molar-refractivity contribution in [3.05, 3.63) is 35.6 Å². The third kappa shape index (κ3) is 2.34. The Kier molecular flexibility index (Phi) is 3.68. The first-order chi connectivity index (χ1) is 6.62. The van der Waals surface area contributed by atoms with E-state index in [0.29, 0.717) is 0 Å². The lowest BCUT2D eigenvalue weighted by Crippen LogP contribution is -2.20. The van der Waals surface area contributed by atoms with Crippen molar-refractivity contribution in [2.75, 3.05) is 0 Å². The van der Waals surface area contributed by atoms with Gasteiger partial charge in [0.2, 0.25) is 0 Å². The van der Waals surface area contributed by atoms with Gasteiger partial charge in [0.1, 0.15) is 5.82 Å². The molecule has 0 aromatic heterocycles. The third-order valence-corrected chi connectivity index (χ3v) is 3.12. The van der Waals surface area contributed by atoms with E-state index in [1.807, 2.05) is 12.1 Å². The molecule has 0 spiro atoms. The van der Waals surface area contributed by atoms with Gasteiger partial charge in [0.25, 0.3) is 0 Å². The Morgan fingerprint density at radius 2 is 1.71 bits per heavy atom. The van der Waals surface area contributed by atoms with Gasteiger partial charge in [0.05, 0.1) is 0 Å². The first-order valence-corrected chi connectivity index (χ1v) is 5.38. The predicted octanol–water partition coefficient (Wildman–Crippen LogP) is 4.29. The number of rotatable bonds is 4. The summed E-state index contributed by atoms with van der Waals surface area (Å²) in [6, 6.07) is 6.93. The van der Waals surface area contributed by atoms with Crippen molar-refractivity contribution in [2.45, 2.75) is 45.4 Å². The van der Waals surface area contributed by atoms with Gasteiger partial charge >= 0.3 is 0 Å². The molecule has 0 aliphatic heterocycles. The van der Waals surface area contributed by atoms with E-state index in [2.05, 4.69) is 20.8 Å². The van der Waals surface area contributed by atoms with Crippen molar-refractivity contribution >= 4 is 0 Å². The molecular weight excluding hydrogens is 175 g/mol. The molecule has 14 heavy (non-hydrogen) atoms. The van der Waals surface area contributed by atoms with Crippen LogP contribution in [0.5, 0.6) is 0 Å². The third-order valence-electron chi connectivity index (χ3n) is 3.12. The van der Waals surface area contributed by atoms with Gasteiger partial charge in [0.15, 0.2) is 0 Å².